The van der Waals surface area contributed by atoms with Gasteiger partial charge in [-0.3, -0.25) is 9.97 Å². The molecule has 0 aliphatic heterocycles. The van der Waals surface area contributed by atoms with E-state index in [0.717, 1.165) is 34.0 Å². The van der Waals surface area contributed by atoms with Gasteiger partial charge in [-0.1, -0.05) is 30.3 Å². The van der Waals surface area contributed by atoms with Crippen LogP contribution in [0.2, 0.25) is 0 Å². The zero-order chi connectivity index (χ0) is 13.1. The normalized spacial score (nSPS) is 10.5. The van der Waals surface area contributed by atoms with Crippen LogP contribution in [0.25, 0.3) is 22.2 Å². The van der Waals surface area contributed by atoms with Crippen molar-refractivity contribution < 1.29 is 4.79 Å². The minimum atomic E-state index is 0.446. The first-order valence-corrected chi connectivity index (χ1v) is 6.10. The molecule has 3 nitrogen and oxygen atoms in total. The van der Waals surface area contributed by atoms with Crippen LogP contribution >= 0.6 is 0 Å². The number of benzene rings is 2. The topological polar surface area (TPSA) is 42.9 Å². The molecule has 0 unspecified atom stereocenters. The van der Waals surface area contributed by atoms with E-state index in [-0.39, 0.29) is 0 Å². The Morgan fingerprint density at radius 2 is 1.68 bits per heavy atom. The second kappa shape index (κ2) is 4.98. The molecule has 0 aliphatic rings. The van der Waals surface area contributed by atoms with Crippen LogP contribution in [0.5, 0.6) is 0 Å². The second-order valence-electron chi connectivity index (χ2n) is 4.33. The number of carbonyl (C=O) groups is 1. The van der Waals surface area contributed by atoms with Gasteiger partial charge in [-0.2, -0.15) is 0 Å². The standard InChI is InChI=1S/C16H12N2O/c19-9-6-12-2-1-3-13(10-12)14-4-5-15-16(11-14)18-8-7-17-15/h1-5,7-11H,6H2. The smallest absolute Gasteiger partial charge is 0.124 e. The van der Waals surface area contributed by atoms with Crippen molar-refractivity contribution in [3.63, 3.8) is 0 Å². The molecule has 3 heteroatoms. The lowest BCUT2D eigenvalue weighted by molar-refractivity contribution is -0.107. The summed E-state index contributed by atoms with van der Waals surface area (Å²) in [4.78, 5) is 19.1. The summed E-state index contributed by atoms with van der Waals surface area (Å²) in [5.41, 5.74) is 4.95. The monoisotopic (exact) mass is 248 g/mol. The molecule has 1 heterocycles. The summed E-state index contributed by atoms with van der Waals surface area (Å²) in [6.45, 7) is 0. The van der Waals surface area contributed by atoms with Crippen LogP contribution in [-0.4, -0.2) is 16.3 Å². The lowest BCUT2D eigenvalue weighted by Gasteiger charge is -2.05. The third kappa shape index (κ3) is 2.36. The molecule has 0 saturated heterocycles. The second-order valence-corrected chi connectivity index (χ2v) is 4.33. The number of fused-ring (bicyclic) bond motifs is 1. The van der Waals surface area contributed by atoms with Gasteiger partial charge in [-0.25, -0.2) is 0 Å². The molecular formula is C16H12N2O. The molecule has 1 aromatic heterocycles. The number of rotatable bonds is 3. The average Bonchev–Trinajstić information content (AvgIpc) is 2.47. The molecule has 0 bridgehead atoms. The van der Waals surface area contributed by atoms with Gasteiger partial charge in [0.15, 0.2) is 0 Å². The minimum Gasteiger partial charge on any atom is -0.303 e. The zero-order valence-electron chi connectivity index (χ0n) is 10.3. The molecule has 19 heavy (non-hydrogen) atoms. The number of hydrogen-bond donors (Lipinski definition) is 0. The van der Waals surface area contributed by atoms with Gasteiger partial charge in [-0.05, 0) is 28.8 Å². The van der Waals surface area contributed by atoms with Crippen molar-refractivity contribution in [3.05, 3.63) is 60.4 Å². The van der Waals surface area contributed by atoms with Gasteiger partial charge in [0.1, 0.15) is 6.29 Å². The third-order valence-corrected chi connectivity index (χ3v) is 3.05. The van der Waals surface area contributed by atoms with Gasteiger partial charge >= 0.3 is 0 Å². The first-order chi connectivity index (χ1) is 9.36. The van der Waals surface area contributed by atoms with Gasteiger partial charge in [-0.15, -0.1) is 0 Å². The van der Waals surface area contributed by atoms with Crippen LogP contribution < -0.4 is 0 Å². The summed E-state index contributed by atoms with van der Waals surface area (Å²) >= 11 is 0. The predicted molar refractivity (Wildman–Crippen MR) is 74.7 cm³/mol. The highest BCUT2D eigenvalue weighted by Crippen LogP contribution is 2.23. The van der Waals surface area contributed by atoms with E-state index in [0.29, 0.717) is 6.42 Å². The number of hydrogen-bond acceptors (Lipinski definition) is 3. The number of aromatic nitrogens is 2. The first-order valence-electron chi connectivity index (χ1n) is 6.10. The summed E-state index contributed by atoms with van der Waals surface area (Å²) in [6, 6.07) is 14.0. The highest BCUT2D eigenvalue weighted by atomic mass is 16.1. The fraction of sp³-hybridized carbons (Fsp3) is 0.0625. The van der Waals surface area contributed by atoms with Crippen molar-refractivity contribution in [2.45, 2.75) is 6.42 Å². The molecule has 2 aromatic carbocycles. The molecule has 92 valence electrons. The van der Waals surface area contributed by atoms with E-state index in [1.165, 1.54) is 0 Å². The van der Waals surface area contributed by atoms with E-state index >= 15 is 0 Å². The number of carbonyl (C=O) groups excluding carboxylic acids is 1. The van der Waals surface area contributed by atoms with Gasteiger partial charge < -0.3 is 4.79 Å². The number of nitrogens with zero attached hydrogens (tertiary/aromatic N) is 2. The van der Waals surface area contributed by atoms with Crippen LogP contribution in [0.1, 0.15) is 5.56 Å². The average molecular weight is 248 g/mol. The van der Waals surface area contributed by atoms with Gasteiger partial charge in [0.25, 0.3) is 0 Å². The lowest BCUT2D eigenvalue weighted by atomic mass is 10.0. The predicted octanol–water partition coefficient (Wildman–Crippen LogP) is 3.04. The summed E-state index contributed by atoms with van der Waals surface area (Å²) in [7, 11) is 0. The third-order valence-electron chi connectivity index (χ3n) is 3.05. The summed E-state index contributed by atoms with van der Waals surface area (Å²) in [5.74, 6) is 0. The van der Waals surface area contributed by atoms with Crippen molar-refractivity contribution in [2.75, 3.05) is 0 Å². The molecule has 0 amide bonds. The molecule has 0 atom stereocenters. The molecular weight excluding hydrogens is 236 g/mol. The van der Waals surface area contributed by atoms with Crippen LogP contribution in [0.15, 0.2) is 54.9 Å². The Hall–Kier alpha value is -2.55. The maximum atomic E-state index is 10.6. The largest absolute Gasteiger partial charge is 0.303 e. The molecule has 0 aliphatic carbocycles. The Morgan fingerprint density at radius 3 is 2.53 bits per heavy atom. The van der Waals surface area contributed by atoms with Crippen molar-refractivity contribution in [2.24, 2.45) is 0 Å². The Kier molecular flexibility index (Phi) is 3.02. The van der Waals surface area contributed by atoms with Crippen molar-refractivity contribution in [1.82, 2.24) is 9.97 Å². The zero-order valence-corrected chi connectivity index (χ0v) is 10.3. The minimum absolute atomic E-state index is 0.446. The molecule has 0 saturated carbocycles. The Balaban J connectivity index is 2.08. The highest BCUT2D eigenvalue weighted by molar-refractivity contribution is 5.81. The quantitative estimate of drug-likeness (QED) is 0.669. The van der Waals surface area contributed by atoms with Crippen LogP contribution in [-0.2, 0) is 11.2 Å². The van der Waals surface area contributed by atoms with Crippen molar-refractivity contribution in [1.29, 1.82) is 0 Å². The fourth-order valence-electron chi connectivity index (χ4n) is 2.12. The Bertz CT molecular complexity index is 737. The van der Waals surface area contributed by atoms with Crippen LogP contribution in [0.4, 0.5) is 0 Å². The fourth-order valence-corrected chi connectivity index (χ4v) is 2.12. The van der Waals surface area contributed by atoms with E-state index in [1.807, 2.05) is 42.5 Å². The maximum absolute atomic E-state index is 10.6. The van der Waals surface area contributed by atoms with E-state index in [1.54, 1.807) is 12.4 Å². The SMILES string of the molecule is O=CCc1cccc(-c2ccc3nccnc3c2)c1. The Labute approximate surface area is 111 Å². The van der Waals surface area contributed by atoms with Crippen LogP contribution in [0, 0.1) is 0 Å². The van der Waals surface area contributed by atoms with Gasteiger partial charge in [0.05, 0.1) is 11.0 Å². The van der Waals surface area contributed by atoms with Gasteiger partial charge in [0, 0.05) is 18.8 Å². The maximum Gasteiger partial charge on any atom is 0.124 e. The van der Waals surface area contributed by atoms with E-state index in [4.69, 9.17) is 0 Å². The molecule has 0 spiro atoms. The highest BCUT2D eigenvalue weighted by Gasteiger charge is 2.02. The molecule has 0 fully saturated rings. The van der Waals surface area contributed by atoms with E-state index in [9.17, 15) is 4.79 Å². The summed E-state index contributed by atoms with van der Waals surface area (Å²) in [5, 5.41) is 0. The van der Waals surface area contributed by atoms with Gasteiger partial charge in [0.2, 0.25) is 0 Å². The van der Waals surface area contributed by atoms with Crippen molar-refractivity contribution in [3.8, 4) is 11.1 Å². The summed E-state index contributed by atoms with van der Waals surface area (Å²) in [6.07, 6.45) is 4.74. The lowest BCUT2D eigenvalue weighted by Crippen LogP contribution is -1.88. The molecule has 0 N–H and O–H groups in total. The van der Waals surface area contributed by atoms with E-state index in [2.05, 4.69) is 9.97 Å². The van der Waals surface area contributed by atoms with E-state index < -0.39 is 0 Å². The number of aldehydes is 1. The molecule has 0 radical (unpaired) electrons. The molecule has 3 rings (SSSR count). The first kappa shape index (κ1) is 11.5. The van der Waals surface area contributed by atoms with Crippen molar-refractivity contribution >= 4 is 17.3 Å². The molecule has 3 aromatic rings. The van der Waals surface area contributed by atoms with Crippen LogP contribution in [0.3, 0.4) is 0 Å². The summed E-state index contributed by atoms with van der Waals surface area (Å²) < 4.78 is 0. The Morgan fingerprint density at radius 1 is 0.895 bits per heavy atom.